The minimum absolute atomic E-state index is 0.000427. The van der Waals surface area contributed by atoms with Crippen LogP contribution in [0.5, 0.6) is 0 Å². The van der Waals surface area contributed by atoms with Crippen LogP contribution in [0.15, 0.2) is 24.3 Å². The molecule has 2 saturated heterocycles. The number of thioether (sulfide) groups is 1. The second-order valence-electron chi connectivity index (χ2n) is 6.07. The zero-order valence-electron chi connectivity index (χ0n) is 13.1. The van der Waals surface area contributed by atoms with Gasteiger partial charge in [0.05, 0.1) is 39.0 Å². The lowest BCUT2D eigenvalue weighted by Crippen LogP contribution is -3.12. The minimum atomic E-state index is -0.300. The van der Waals surface area contributed by atoms with Crippen molar-refractivity contribution in [2.75, 3.05) is 45.5 Å². The molecular formula is C16H21FN3O2S+. The molecule has 5 nitrogen and oxygen atoms in total. The number of hydrogen-bond acceptors (Lipinski definition) is 3. The van der Waals surface area contributed by atoms with Crippen molar-refractivity contribution in [3.63, 3.8) is 0 Å². The molecular weight excluding hydrogens is 317 g/mol. The molecule has 2 aliphatic heterocycles. The summed E-state index contributed by atoms with van der Waals surface area (Å²) in [5.74, 6) is 0.0332. The highest BCUT2D eigenvalue weighted by Crippen LogP contribution is 2.38. The third-order valence-electron chi connectivity index (χ3n) is 4.40. The van der Waals surface area contributed by atoms with E-state index in [1.165, 1.54) is 28.8 Å². The summed E-state index contributed by atoms with van der Waals surface area (Å²) in [5, 5.41) is -0.204. The van der Waals surface area contributed by atoms with Gasteiger partial charge in [-0.05, 0) is 17.7 Å². The van der Waals surface area contributed by atoms with E-state index in [0.717, 1.165) is 31.7 Å². The number of nitrogens with zero attached hydrogens (tertiary/aromatic N) is 2. The average Bonchev–Trinajstić information content (AvgIpc) is 2.90. The molecule has 2 heterocycles. The van der Waals surface area contributed by atoms with E-state index in [1.54, 1.807) is 17.0 Å². The molecule has 0 aliphatic carbocycles. The Balaban J connectivity index is 1.68. The van der Waals surface area contributed by atoms with E-state index in [2.05, 4.69) is 7.05 Å². The molecule has 1 atom stereocenters. The fourth-order valence-corrected chi connectivity index (χ4v) is 4.10. The number of piperazine rings is 1. The molecule has 2 aliphatic rings. The van der Waals surface area contributed by atoms with Gasteiger partial charge in [-0.2, -0.15) is 0 Å². The van der Waals surface area contributed by atoms with E-state index >= 15 is 0 Å². The molecule has 2 amide bonds. The molecule has 3 rings (SSSR count). The molecule has 0 saturated carbocycles. The largest absolute Gasteiger partial charge is 0.334 e. The lowest BCUT2D eigenvalue weighted by Gasteiger charge is -2.32. The van der Waals surface area contributed by atoms with Gasteiger partial charge in [-0.1, -0.05) is 12.1 Å². The Hall–Kier alpha value is -1.60. The van der Waals surface area contributed by atoms with Gasteiger partial charge in [0.25, 0.3) is 0 Å². The molecule has 7 heteroatoms. The van der Waals surface area contributed by atoms with Crippen molar-refractivity contribution in [2.24, 2.45) is 0 Å². The molecule has 0 bridgehead atoms. The lowest BCUT2D eigenvalue weighted by atomic mass is 10.2. The minimum Gasteiger partial charge on any atom is -0.334 e. The third kappa shape index (κ3) is 3.67. The Morgan fingerprint density at radius 1 is 1.30 bits per heavy atom. The Morgan fingerprint density at radius 3 is 2.61 bits per heavy atom. The molecule has 0 spiro atoms. The van der Waals surface area contributed by atoms with Crippen molar-refractivity contribution < 1.29 is 18.9 Å². The van der Waals surface area contributed by atoms with Crippen molar-refractivity contribution in [3.05, 3.63) is 35.6 Å². The van der Waals surface area contributed by atoms with Gasteiger partial charge in [0.1, 0.15) is 17.7 Å². The molecule has 0 aromatic heterocycles. The summed E-state index contributed by atoms with van der Waals surface area (Å²) in [6.07, 6.45) is 0. The van der Waals surface area contributed by atoms with Gasteiger partial charge in [-0.3, -0.25) is 9.59 Å². The average molecular weight is 338 g/mol. The molecule has 124 valence electrons. The first-order chi connectivity index (χ1) is 11.0. The van der Waals surface area contributed by atoms with Gasteiger partial charge in [0.2, 0.25) is 11.8 Å². The first kappa shape index (κ1) is 16.3. The van der Waals surface area contributed by atoms with Crippen molar-refractivity contribution >= 4 is 23.6 Å². The van der Waals surface area contributed by atoms with E-state index in [4.69, 9.17) is 0 Å². The Bertz CT molecular complexity index is 587. The summed E-state index contributed by atoms with van der Waals surface area (Å²) < 4.78 is 13.1. The lowest BCUT2D eigenvalue weighted by molar-refractivity contribution is -0.883. The summed E-state index contributed by atoms with van der Waals surface area (Å²) in [4.78, 5) is 29.5. The van der Waals surface area contributed by atoms with E-state index in [0.29, 0.717) is 5.75 Å². The quantitative estimate of drug-likeness (QED) is 0.827. The van der Waals surface area contributed by atoms with Crippen molar-refractivity contribution in [3.8, 4) is 0 Å². The van der Waals surface area contributed by atoms with Crippen LogP contribution in [0.2, 0.25) is 0 Å². The van der Waals surface area contributed by atoms with E-state index in [-0.39, 0.29) is 29.6 Å². The van der Waals surface area contributed by atoms with E-state index < -0.39 is 0 Å². The van der Waals surface area contributed by atoms with Crippen LogP contribution in [0.25, 0.3) is 0 Å². The van der Waals surface area contributed by atoms with Crippen LogP contribution in [0.3, 0.4) is 0 Å². The molecule has 0 radical (unpaired) electrons. The number of benzene rings is 1. The molecule has 1 aromatic rings. The number of halogens is 1. The fourth-order valence-electron chi connectivity index (χ4n) is 2.91. The molecule has 1 aromatic carbocycles. The third-order valence-corrected chi connectivity index (χ3v) is 5.65. The van der Waals surface area contributed by atoms with Gasteiger partial charge >= 0.3 is 0 Å². The van der Waals surface area contributed by atoms with Crippen LogP contribution in [0.4, 0.5) is 4.39 Å². The highest BCUT2D eigenvalue weighted by molar-refractivity contribution is 8.00. The highest BCUT2D eigenvalue weighted by Gasteiger charge is 2.35. The Kier molecular flexibility index (Phi) is 4.87. The number of amides is 2. The van der Waals surface area contributed by atoms with Crippen molar-refractivity contribution in [2.45, 2.75) is 5.37 Å². The number of nitrogens with one attached hydrogen (secondary N) is 1. The maximum absolute atomic E-state index is 13.1. The summed E-state index contributed by atoms with van der Waals surface area (Å²) >= 11 is 1.49. The number of likely N-dealkylation sites (N-methyl/N-ethyl adjacent to an activating group) is 1. The fraction of sp³-hybridized carbons (Fsp3) is 0.500. The number of carbonyl (C=O) groups excluding carboxylic acids is 2. The van der Waals surface area contributed by atoms with Crippen LogP contribution in [-0.2, 0) is 9.59 Å². The standard InChI is InChI=1S/C16H20FN3O2S/c1-18-6-8-19(9-7-18)14(21)10-20-15(22)11-23-16(20)12-2-4-13(17)5-3-12/h2-5,16H,6-11H2,1H3/p+1/t16-/m1/s1. The van der Waals surface area contributed by atoms with Crippen LogP contribution < -0.4 is 4.90 Å². The summed E-state index contributed by atoms with van der Waals surface area (Å²) in [5.41, 5.74) is 0.859. The van der Waals surface area contributed by atoms with Gasteiger partial charge in [0, 0.05) is 0 Å². The van der Waals surface area contributed by atoms with Crippen LogP contribution in [0.1, 0.15) is 10.9 Å². The van der Waals surface area contributed by atoms with Crippen LogP contribution in [0, 0.1) is 5.82 Å². The summed E-state index contributed by atoms with van der Waals surface area (Å²) in [6.45, 7) is 3.46. The first-order valence-electron chi connectivity index (χ1n) is 7.80. The van der Waals surface area contributed by atoms with Gasteiger partial charge in [-0.25, -0.2) is 4.39 Å². The van der Waals surface area contributed by atoms with Crippen LogP contribution in [-0.4, -0.2) is 67.1 Å². The molecule has 0 unspecified atom stereocenters. The highest BCUT2D eigenvalue weighted by atomic mass is 32.2. The number of carbonyl (C=O) groups is 2. The predicted molar refractivity (Wildman–Crippen MR) is 86.5 cm³/mol. The van der Waals surface area contributed by atoms with Crippen molar-refractivity contribution in [1.82, 2.24) is 9.80 Å². The van der Waals surface area contributed by atoms with Gasteiger partial charge in [-0.15, -0.1) is 11.8 Å². The van der Waals surface area contributed by atoms with E-state index in [9.17, 15) is 14.0 Å². The summed E-state index contributed by atoms with van der Waals surface area (Å²) in [7, 11) is 2.12. The molecule has 2 fully saturated rings. The summed E-state index contributed by atoms with van der Waals surface area (Å²) in [6, 6.07) is 6.15. The second kappa shape index (κ2) is 6.88. The SMILES string of the molecule is C[NH+]1CCN(C(=O)CN2C(=O)CS[C@@H]2c2ccc(F)cc2)CC1. The first-order valence-corrected chi connectivity index (χ1v) is 8.85. The number of quaternary nitrogens is 1. The second-order valence-corrected chi connectivity index (χ2v) is 7.14. The topological polar surface area (TPSA) is 45.1 Å². The maximum Gasteiger partial charge on any atom is 0.242 e. The number of rotatable bonds is 3. The Morgan fingerprint density at radius 2 is 1.96 bits per heavy atom. The van der Waals surface area contributed by atoms with Crippen LogP contribution >= 0.6 is 11.8 Å². The molecule has 1 N–H and O–H groups in total. The smallest absolute Gasteiger partial charge is 0.242 e. The van der Waals surface area contributed by atoms with Gasteiger partial charge in [0.15, 0.2) is 0 Å². The molecule has 23 heavy (non-hydrogen) atoms. The van der Waals surface area contributed by atoms with Gasteiger partial charge < -0.3 is 14.7 Å². The monoisotopic (exact) mass is 338 g/mol. The normalized spacial score (nSPS) is 22.7. The zero-order chi connectivity index (χ0) is 16.4. The number of hydrogen-bond donors (Lipinski definition) is 1. The predicted octanol–water partition coefficient (Wildman–Crippen LogP) is -0.243. The Labute approximate surface area is 139 Å². The zero-order valence-corrected chi connectivity index (χ0v) is 13.9. The maximum atomic E-state index is 13.1. The van der Waals surface area contributed by atoms with E-state index in [1.807, 2.05) is 4.90 Å². The van der Waals surface area contributed by atoms with Crippen molar-refractivity contribution in [1.29, 1.82) is 0 Å².